The van der Waals surface area contributed by atoms with Crippen molar-refractivity contribution in [2.24, 2.45) is 5.73 Å². The SMILES string of the molecule is CN1CCC(N)C1c1occc1Br. The molecule has 1 fully saturated rings. The fraction of sp³-hybridized carbons (Fsp3) is 0.556. The van der Waals surface area contributed by atoms with Gasteiger partial charge in [0.25, 0.3) is 0 Å². The van der Waals surface area contributed by atoms with Crippen LogP contribution < -0.4 is 5.73 Å². The Morgan fingerprint density at radius 1 is 1.69 bits per heavy atom. The van der Waals surface area contributed by atoms with Gasteiger partial charge in [-0.15, -0.1) is 0 Å². The number of halogens is 1. The minimum atomic E-state index is 0.187. The van der Waals surface area contributed by atoms with Crippen molar-refractivity contribution in [2.45, 2.75) is 18.5 Å². The summed E-state index contributed by atoms with van der Waals surface area (Å²) in [4.78, 5) is 2.23. The first-order valence-electron chi connectivity index (χ1n) is 4.39. The molecule has 0 bridgehead atoms. The summed E-state index contributed by atoms with van der Waals surface area (Å²) < 4.78 is 6.44. The van der Waals surface area contributed by atoms with E-state index in [2.05, 4.69) is 27.9 Å². The van der Waals surface area contributed by atoms with Crippen molar-refractivity contribution in [2.75, 3.05) is 13.6 Å². The third-order valence-corrected chi connectivity index (χ3v) is 3.26. The van der Waals surface area contributed by atoms with Crippen molar-refractivity contribution < 1.29 is 4.42 Å². The third kappa shape index (κ3) is 1.54. The van der Waals surface area contributed by atoms with Crippen LogP contribution >= 0.6 is 15.9 Å². The molecule has 2 unspecified atom stereocenters. The van der Waals surface area contributed by atoms with Crippen LogP contribution in [0.2, 0.25) is 0 Å². The summed E-state index contributed by atoms with van der Waals surface area (Å²) in [6, 6.07) is 2.32. The lowest BCUT2D eigenvalue weighted by molar-refractivity contribution is 0.262. The molecule has 2 heterocycles. The van der Waals surface area contributed by atoms with Crippen molar-refractivity contribution in [3.05, 3.63) is 22.6 Å². The van der Waals surface area contributed by atoms with Gasteiger partial charge in [0.15, 0.2) is 0 Å². The molecule has 1 aliphatic heterocycles. The van der Waals surface area contributed by atoms with E-state index in [4.69, 9.17) is 10.2 Å². The molecule has 1 aromatic heterocycles. The van der Waals surface area contributed by atoms with Gasteiger partial charge in [0.2, 0.25) is 0 Å². The lowest BCUT2D eigenvalue weighted by atomic mass is 10.1. The Morgan fingerprint density at radius 2 is 2.46 bits per heavy atom. The number of rotatable bonds is 1. The lowest BCUT2D eigenvalue weighted by Gasteiger charge is -2.20. The van der Waals surface area contributed by atoms with E-state index in [0.717, 1.165) is 23.2 Å². The molecule has 2 atom stereocenters. The Bertz CT molecular complexity index is 290. The van der Waals surface area contributed by atoms with E-state index in [-0.39, 0.29) is 12.1 Å². The molecule has 1 saturated heterocycles. The molecular weight excluding hydrogens is 232 g/mol. The maximum Gasteiger partial charge on any atom is 0.136 e. The van der Waals surface area contributed by atoms with Crippen molar-refractivity contribution in [1.82, 2.24) is 4.90 Å². The molecule has 2 N–H and O–H groups in total. The second-order valence-corrected chi connectivity index (χ2v) is 4.37. The van der Waals surface area contributed by atoms with Gasteiger partial charge in [-0.25, -0.2) is 0 Å². The van der Waals surface area contributed by atoms with Gasteiger partial charge in [-0.2, -0.15) is 0 Å². The van der Waals surface area contributed by atoms with Gasteiger partial charge in [-0.3, -0.25) is 4.90 Å². The van der Waals surface area contributed by atoms with E-state index in [0.29, 0.717) is 0 Å². The Balaban J connectivity index is 2.29. The van der Waals surface area contributed by atoms with Crippen LogP contribution in [0.3, 0.4) is 0 Å². The fourth-order valence-corrected chi connectivity index (χ4v) is 2.32. The van der Waals surface area contributed by atoms with Crippen molar-refractivity contribution in [3.8, 4) is 0 Å². The average Bonchev–Trinajstić information content (AvgIpc) is 2.60. The molecule has 0 aromatic carbocycles. The first-order chi connectivity index (χ1) is 6.20. The van der Waals surface area contributed by atoms with Gasteiger partial charge in [0.05, 0.1) is 16.8 Å². The highest BCUT2D eigenvalue weighted by molar-refractivity contribution is 9.10. The Labute approximate surface area is 86.0 Å². The zero-order valence-corrected chi connectivity index (χ0v) is 9.12. The normalized spacial score (nSPS) is 29.8. The number of furan rings is 1. The quantitative estimate of drug-likeness (QED) is 0.819. The summed E-state index contributed by atoms with van der Waals surface area (Å²) in [5, 5.41) is 0. The van der Waals surface area contributed by atoms with E-state index >= 15 is 0 Å². The topological polar surface area (TPSA) is 42.4 Å². The molecule has 13 heavy (non-hydrogen) atoms. The minimum absolute atomic E-state index is 0.187. The Morgan fingerprint density at radius 3 is 2.92 bits per heavy atom. The maximum atomic E-state index is 6.01. The first kappa shape index (κ1) is 9.24. The molecule has 0 amide bonds. The van der Waals surface area contributed by atoms with E-state index < -0.39 is 0 Å². The van der Waals surface area contributed by atoms with Crippen LogP contribution in [0.1, 0.15) is 18.2 Å². The molecule has 0 saturated carbocycles. The van der Waals surface area contributed by atoms with Crippen molar-refractivity contribution >= 4 is 15.9 Å². The molecule has 1 aromatic rings. The Hall–Kier alpha value is -0.320. The van der Waals surface area contributed by atoms with E-state index in [1.54, 1.807) is 6.26 Å². The molecule has 0 radical (unpaired) electrons. The van der Waals surface area contributed by atoms with Crippen LogP contribution in [0.15, 0.2) is 21.2 Å². The molecule has 0 aliphatic carbocycles. The number of hydrogen-bond acceptors (Lipinski definition) is 3. The van der Waals surface area contributed by atoms with Gasteiger partial charge in [-0.05, 0) is 35.5 Å². The first-order valence-corrected chi connectivity index (χ1v) is 5.18. The summed E-state index contributed by atoms with van der Waals surface area (Å²) in [6.45, 7) is 1.04. The van der Waals surface area contributed by atoms with Gasteiger partial charge in [-0.1, -0.05) is 0 Å². The molecule has 1 aliphatic rings. The van der Waals surface area contributed by atoms with Gasteiger partial charge >= 0.3 is 0 Å². The second-order valence-electron chi connectivity index (χ2n) is 3.51. The van der Waals surface area contributed by atoms with Crippen LogP contribution in [0.25, 0.3) is 0 Å². The molecule has 72 valence electrons. The minimum Gasteiger partial charge on any atom is -0.466 e. The zero-order chi connectivity index (χ0) is 9.42. The van der Waals surface area contributed by atoms with Crippen LogP contribution in [-0.4, -0.2) is 24.5 Å². The predicted molar refractivity (Wildman–Crippen MR) is 54.4 cm³/mol. The van der Waals surface area contributed by atoms with Crippen LogP contribution in [0.5, 0.6) is 0 Å². The summed E-state index contributed by atoms with van der Waals surface area (Å²) >= 11 is 3.46. The Kier molecular flexibility index (Phi) is 2.45. The largest absolute Gasteiger partial charge is 0.466 e. The summed E-state index contributed by atoms with van der Waals surface area (Å²) in [5.74, 6) is 0.951. The molecule has 3 nitrogen and oxygen atoms in total. The number of likely N-dealkylation sites (tertiary alicyclic amines) is 1. The number of likely N-dealkylation sites (N-methyl/N-ethyl adjacent to an activating group) is 1. The van der Waals surface area contributed by atoms with Crippen LogP contribution in [0, 0.1) is 0 Å². The average molecular weight is 245 g/mol. The lowest BCUT2D eigenvalue weighted by Crippen LogP contribution is -2.29. The van der Waals surface area contributed by atoms with Crippen LogP contribution in [-0.2, 0) is 0 Å². The second kappa shape index (κ2) is 3.44. The van der Waals surface area contributed by atoms with Crippen molar-refractivity contribution in [3.63, 3.8) is 0 Å². The highest BCUT2D eigenvalue weighted by atomic mass is 79.9. The molecular formula is C9H13BrN2O. The van der Waals surface area contributed by atoms with Crippen molar-refractivity contribution in [1.29, 1.82) is 0 Å². The van der Waals surface area contributed by atoms with E-state index in [9.17, 15) is 0 Å². The number of nitrogens with zero attached hydrogens (tertiary/aromatic N) is 1. The van der Waals surface area contributed by atoms with E-state index in [1.165, 1.54) is 0 Å². The fourth-order valence-electron chi connectivity index (χ4n) is 1.89. The maximum absolute atomic E-state index is 6.01. The predicted octanol–water partition coefficient (Wildman–Crippen LogP) is 1.75. The zero-order valence-electron chi connectivity index (χ0n) is 7.53. The highest BCUT2D eigenvalue weighted by Gasteiger charge is 2.33. The van der Waals surface area contributed by atoms with Gasteiger partial charge in [0, 0.05) is 12.6 Å². The van der Waals surface area contributed by atoms with E-state index in [1.807, 2.05) is 6.07 Å². The number of hydrogen-bond donors (Lipinski definition) is 1. The standard InChI is InChI=1S/C9H13BrN2O/c1-12-4-2-7(11)8(12)9-6(10)3-5-13-9/h3,5,7-8H,2,4,11H2,1H3. The third-order valence-electron chi connectivity index (χ3n) is 2.61. The van der Waals surface area contributed by atoms with Gasteiger partial charge in [0.1, 0.15) is 5.76 Å². The number of nitrogens with two attached hydrogens (primary N) is 1. The summed E-state index contributed by atoms with van der Waals surface area (Å²) in [5.41, 5.74) is 6.01. The summed E-state index contributed by atoms with van der Waals surface area (Å²) in [7, 11) is 2.08. The molecule has 4 heteroatoms. The highest BCUT2D eigenvalue weighted by Crippen LogP contribution is 2.34. The molecule has 2 rings (SSSR count). The summed E-state index contributed by atoms with van der Waals surface area (Å²) in [6.07, 6.45) is 2.73. The molecule has 0 spiro atoms. The van der Waals surface area contributed by atoms with Crippen LogP contribution in [0.4, 0.5) is 0 Å². The monoisotopic (exact) mass is 244 g/mol. The van der Waals surface area contributed by atoms with Gasteiger partial charge < -0.3 is 10.2 Å². The smallest absolute Gasteiger partial charge is 0.136 e.